The van der Waals surface area contributed by atoms with E-state index in [1.54, 1.807) is 0 Å². The van der Waals surface area contributed by atoms with Gasteiger partial charge in [0.1, 0.15) is 0 Å². The Bertz CT molecular complexity index is 599. The predicted octanol–water partition coefficient (Wildman–Crippen LogP) is 1.44. The van der Waals surface area contributed by atoms with Crippen LogP contribution in [0.4, 0.5) is 0 Å². The van der Waals surface area contributed by atoms with Gasteiger partial charge in [-0.05, 0) is 44.2 Å². The van der Waals surface area contributed by atoms with E-state index in [0.29, 0.717) is 18.2 Å². The Hall–Kier alpha value is -1.42. The largest absolute Gasteiger partial charge is 0.381 e. The maximum Gasteiger partial charge on any atom is 0.179 e. The summed E-state index contributed by atoms with van der Waals surface area (Å²) in [7, 11) is -1.34. The first-order valence-electron chi connectivity index (χ1n) is 7.04. The number of nitrogens with zero attached hydrogens (tertiary/aromatic N) is 2. The van der Waals surface area contributed by atoms with Crippen LogP contribution in [0.25, 0.3) is 0 Å². The molecule has 0 N–H and O–H groups in total. The molecule has 1 aromatic rings. The number of hydrogen-bond acceptors (Lipinski definition) is 5. The van der Waals surface area contributed by atoms with E-state index < -0.39 is 9.84 Å². The second-order valence-electron chi connectivity index (χ2n) is 5.28. The molecule has 0 atom stereocenters. The SMILES string of the molecule is CN(CCS(=O)(=O)c1ccc(C#N)cc1)C1CCOCC1. The molecule has 0 aliphatic carbocycles. The van der Waals surface area contributed by atoms with Crippen molar-refractivity contribution in [1.82, 2.24) is 4.90 Å². The van der Waals surface area contributed by atoms with Gasteiger partial charge in [-0.3, -0.25) is 0 Å². The highest BCUT2D eigenvalue weighted by Crippen LogP contribution is 2.15. The Labute approximate surface area is 126 Å². The number of rotatable bonds is 5. The molecule has 5 nitrogen and oxygen atoms in total. The van der Waals surface area contributed by atoms with Crippen molar-refractivity contribution >= 4 is 9.84 Å². The van der Waals surface area contributed by atoms with Crippen LogP contribution < -0.4 is 0 Å². The third-order valence-electron chi connectivity index (χ3n) is 3.87. The highest BCUT2D eigenvalue weighted by atomic mass is 32.2. The van der Waals surface area contributed by atoms with Gasteiger partial charge in [-0.1, -0.05) is 0 Å². The highest BCUT2D eigenvalue weighted by Gasteiger charge is 2.21. The fourth-order valence-corrected chi connectivity index (χ4v) is 3.74. The molecule has 114 valence electrons. The predicted molar refractivity (Wildman–Crippen MR) is 79.7 cm³/mol. The number of hydrogen-bond donors (Lipinski definition) is 0. The normalized spacial score (nSPS) is 16.8. The van der Waals surface area contributed by atoms with Gasteiger partial charge in [-0.25, -0.2) is 8.42 Å². The second kappa shape index (κ2) is 7.03. The van der Waals surface area contributed by atoms with Crippen LogP contribution in [0.2, 0.25) is 0 Å². The smallest absolute Gasteiger partial charge is 0.179 e. The summed E-state index contributed by atoms with van der Waals surface area (Å²) in [6.45, 7) is 2.00. The lowest BCUT2D eigenvalue weighted by Gasteiger charge is -2.31. The summed E-state index contributed by atoms with van der Waals surface area (Å²) in [6, 6.07) is 8.46. The lowest BCUT2D eigenvalue weighted by atomic mass is 10.1. The molecule has 21 heavy (non-hydrogen) atoms. The maximum atomic E-state index is 12.3. The molecule has 1 heterocycles. The van der Waals surface area contributed by atoms with E-state index in [-0.39, 0.29) is 10.6 Å². The minimum absolute atomic E-state index is 0.0900. The van der Waals surface area contributed by atoms with Crippen LogP contribution in [0.3, 0.4) is 0 Å². The number of ether oxygens (including phenoxy) is 1. The molecule has 0 aromatic heterocycles. The minimum Gasteiger partial charge on any atom is -0.381 e. The van der Waals surface area contributed by atoms with Crippen molar-refractivity contribution in [2.75, 3.05) is 32.6 Å². The Morgan fingerprint density at radius 1 is 1.29 bits per heavy atom. The Morgan fingerprint density at radius 2 is 1.90 bits per heavy atom. The van der Waals surface area contributed by atoms with Crippen molar-refractivity contribution in [2.45, 2.75) is 23.8 Å². The average molecular weight is 308 g/mol. The van der Waals surface area contributed by atoms with Crippen molar-refractivity contribution in [3.63, 3.8) is 0 Å². The zero-order valence-electron chi connectivity index (χ0n) is 12.2. The topological polar surface area (TPSA) is 70.4 Å². The van der Waals surface area contributed by atoms with Crippen molar-refractivity contribution in [2.24, 2.45) is 0 Å². The molecule has 1 saturated heterocycles. The Balaban J connectivity index is 1.95. The van der Waals surface area contributed by atoms with Crippen LogP contribution in [0.15, 0.2) is 29.2 Å². The maximum absolute atomic E-state index is 12.3. The molecule has 1 aromatic carbocycles. The van der Waals surface area contributed by atoms with Crippen LogP contribution in [0.1, 0.15) is 18.4 Å². The van der Waals surface area contributed by atoms with Crippen molar-refractivity contribution in [3.8, 4) is 6.07 Å². The zero-order chi connectivity index (χ0) is 15.3. The first-order valence-corrected chi connectivity index (χ1v) is 8.69. The second-order valence-corrected chi connectivity index (χ2v) is 7.39. The lowest BCUT2D eigenvalue weighted by molar-refractivity contribution is 0.0449. The molecule has 0 bridgehead atoms. The van der Waals surface area contributed by atoms with Crippen LogP contribution in [-0.4, -0.2) is 51.9 Å². The molecule has 2 rings (SSSR count). The van der Waals surface area contributed by atoms with Gasteiger partial charge < -0.3 is 9.64 Å². The zero-order valence-corrected chi connectivity index (χ0v) is 13.0. The van der Waals surface area contributed by atoms with E-state index in [4.69, 9.17) is 10.00 Å². The summed E-state index contributed by atoms with van der Waals surface area (Å²) in [5, 5.41) is 8.74. The Morgan fingerprint density at radius 3 is 2.48 bits per heavy atom. The number of benzene rings is 1. The number of sulfone groups is 1. The standard InChI is InChI=1S/C15H20N2O3S/c1-17(14-6-9-20-10-7-14)8-11-21(18,19)15-4-2-13(12-16)3-5-15/h2-5,14H,6-11H2,1H3. The summed E-state index contributed by atoms with van der Waals surface area (Å²) < 4.78 is 29.9. The minimum atomic E-state index is -3.30. The summed E-state index contributed by atoms with van der Waals surface area (Å²) in [5.74, 6) is 0.0900. The van der Waals surface area contributed by atoms with Gasteiger partial charge in [0.2, 0.25) is 0 Å². The van der Waals surface area contributed by atoms with E-state index in [2.05, 4.69) is 4.90 Å². The summed E-state index contributed by atoms with van der Waals surface area (Å²) in [5.41, 5.74) is 0.466. The molecule has 1 fully saturated rings. The fourth-order valence-electron chi connectivity index (χ4n) is 2.43. The van der Waals surface area contributed by atoms with E-state index >= 15 is 0 Å². The fraction of sp³-hybridized carbons (Fsp3) is 0.533. The van der Waals surface area contributed by atoms with Gasteiger partial charge in [0, 0.05) is 25.8 Å². The van der Waals surface area contributed by atoms with Crippen LogP contribution in [0.5, 0.6) is 0 Å². The van der Waals surface area contributed by atoms with E-state index in [9.17, 15) is 8.42 Å². The Kier molecular flexibility index (Phi) is 5.34. The van der Waals surface area contributed by atoms with Crippen molar-refractivity contribution in [3.05, 3.63) is 29.8 Å². The van der Waals surface area contributed by atoms with Crippen molar-refractivity contribution in [1.29, 1.82) is 5.26 Å². The lowest BCUT2D eigenvalue weighted by Crippen LogP contribution is -2.39. The van der Waals surface area contributed by atoms with Gasteiger partial charge in [-0.2, -0.15) is 5.26 Å². The summed E-state index contributed by atoms with van der Waals surface area (Å²) >= 11 is 0. The first-order chi connectivity index (χ1) is 10.0. The summed E-state index contributed by atoms with van der Waals surface area (Å²) in [4.78, 5) is 2.38. The first kappa shape index (κ1) is 16.0. The molecular weight excluding hydrogens is 288 g/mol. The van der Waals surface area contributed by atoms with E-state index in [1.807, 2.05) is 13.1 Å². The molecule has 1 aliphatic heterocycles. The molecule has 6 heteroatoms. The van der Waals surface area contributed by atoms with Gasteiger partial charge in [-0.15, -0.1) is 0 Å². The number of nitriles is 1. The molecular formula is C15H20N2O3S. The van der Waals surface area contributed by atoms with Gasteiger partial charge in [0.15, 0.2) is 9.84 Å². The van der Waals surface area contributed by atoms with Crippen molar-refractivity contribution < 1.29 is 13.2 Å². The third kappa shape index (κ3) is 4.27. The highest BCUT2D eigenvalue weighted by molar-refractivity contribution is 7.91. The average Bonchev–Trinajstić information content (AvgIpc) is 2.53. The molecule has 0 radical (unpaired) electrons. The molecule has 0 unspecified atom stereocenters. The molecule has 0 spiro atoms. The van der Waals surface area contributed by atoms with E-state index in [0.717, 1.165) is 26.1 Å². The van der Waals surface area contributed by atoms with E-state index in [1.165, 1.54) is 24.3 Å². The van der Waals surface area contributed by atoms with Crippen LogP contribution >= 0.6 is 0 Å². The van der Waals surface area contributed by atoms with Crippen LogP contribution in [0, 0.1) is 11.3 Å². The molecule has 1 aliphatic rings. The van der Waals surface area contributed by atoms with Gasteiger partial charge in [0.25, 0.3) is 0 Å². The van der Waals surface area contributed by atoms with Gasteiger partial charge in [0.05, 0.1) is 22.3 Å². The monoisotopic (exact) mass is 308 g/mol. The van der Waals surface area contributed by atoms with Crippen LogP contribution in [-0.2, 0) is 14.6 Å². The molecule has 0 saturated carbocycles. The van der Waals surface area contributed by atoms with Gasteiger partial charge >= 0.3 is 0 Å². The molecule has 0 amide bonds. The summed E-state index contributed by atoms with van der Waals surface area (Å²) in [6.07, 6.45) is 1.90. The quantitative estimate of drug-likeness (QED) is 0.823. The third-order valence-corrected chi connectivity index (χ3v) is 5.58.